The van der Waals surface area contributed by atoms with Crippen LogP contribution in [0.3, 0.4) is 0 Å². The highest BCUT2D eigenvalue weighted by atomic mass is 32.1. The quantitative estimate of drug-likeness (QED) is 0.573. The fraction of sp³-hybridized carbons (Fsp3) is 0.500. The molecule has 5 nitrogen and oxygen atoms in total. The van der Waals surface area contributed by atoms with Crippen molar-refractivity contribution in [1.82, 2.24) is 19.7 Å². The first kappa shape index (κ1) is 19.1. The van der Waals surface area contributed by atoms with Gasteiger partial charge in [-0.2, -0.15) is 5.10 Å². The van der Waals surface area contributed by atoms with Gasteiger partial charge < -0.3 is 4.90 Å². The summed E-state index contributed by atoms with van der Waals surface area (Å²) in [6.45, 7) is 12.0. The molecule has 0 radical (unpaired) electrons. The molecule has 3 aromatic rings. The van der Waals surface area contributed by atoms with Gasteiger partial charge in [0, 0.05) is 34.4 Å². The SMILES string of the molecule is CCN(CC1CC1)C(=O)c1cc(-c2cc(C)sc2C)nc2c1cnn2C(C)C. The van der Waals surface area contributed by atoms with Gasteiger partial charge in [0.25, 0.3) is 5.91 Å². The highest BCUT2D eigenvalue weighted by Gasteiger charge is 2.28. The monoisotopic (exact) mass is 396 g/mol. The lowest BCUT2D eigenvalue weighted by Crippen LogP contribution is -2.32. The second-order valence-corrected chi connectivity index (χ2v) is 9.55. The number of hydrogen-bond donors (Lipinski definition) is 0. The largest absolute Gasteiger partial charge is 0.339 e. The molecule has 1 amide bonds. The minimum absolute atomic E-state index is 0.0935. The molecule has 28 heavy (non-hydrogen) atoms. The topological polar surface area (TPSA) is 51.0 Å². The Morgan fingerprint density at radius 2 is 2.07 bits per heavy atom. The minimum Gasteiger partial charge on any atom is -0.339 e. The lowest BCUT2D eigenvalue weighted by Gasteiger charge is -2.21. The third-order valence-electron chi connectivity index (χ3n) is 5.45. The molecule has 0 aromatic carbocycles. The fourth-order valence-electron chi connectivity index (χ4n) is 3.73. The lowest BCUT2D eigenvalue weighted by atomic mass is 10.1. The predicted molar refractivity (Wildman–Crippen MR) is 115 cm³/mol. The number of aromatic nitrogens is 3. The molecule has 0 saturated heterocycles. The van der Waals surface area contributed by atoms with Crippen LogP contribution in [-0.4, -0.2) is 38.7 Å². The molecule has 1 saturated carbocycles. The number of nitrogens with zero attached hydrogens (tertiary/aromatic N) is 4. The van der Waals surface area contributed by atoms with Crippen LogP contribution >= 0.6 is 11.3 Å². The van der Waals surface area contributed by atoms with Crippen LogP contribution in [0.25, 0.3) is 22.3 Å². The smallest absolute Gasteiger partial charge is 0.254 e. The Morgan fingerprint density at radius 3 is 2.64 bits per heavy atom. The summed E-state index contributed by atoms with van der Waals surface area (Å²) in [7, 11) is 0. The Labute approximate surface area is 170 Å². The molecule has 1 aliphatic rings. The Hall–Kier alpha value is -2.21. The van der Waals surface area contributed by atoms with Crippen molar-refractivity contribution in [3.8, 4) is 11.3 Å². The van der Waals surface area contributed by atoms with E-state index in [1.807, 2.05) is 15.6 Å². The molecule has 0 N–H and O–H groups in total. The van der Waals surface area contributed by atoms with Gasteiger partial charge in [-0.1, -0.05) is 0 Å². The standard InChI is InChI=1S/C22H28N4OS/c1-6-25(12-16-7-8-16)22(27)18-10-20(17-9-14(4)28-15(17)5)24-21-19(18)11-23-26(21)13(2)3/h9-11,13,16H,6-8,12H2,1-5H3. The predicted octanol–water partition coefficient (Wildman–Crippen LogP) is 5.23. The number of pyridine rings is 1. The molecular weight excluding hydrogens is 368 g/mol. The van der Waals surface area contributed by atoms with Gasteiger partial charge in [-0.3, -0.25) is 4.79 Å². The Balaban J connectivity index is 1.88. The molecule has 148 valence electrons. The van der Waals surface area contributed by atoms with E-state index in [0.29, 0.717) is 5.92 Å². The number of rotatable bonds is 6. The van der Waals surface area contributed by atoms with Crippen LogP contribution in [0.5, 0.6) is 0 Å². The van der Waals surface area contributed by atoms with E-state index in [0.717, 1.165) is 40.9 Å². The molecule has 0 atom stereocenters. The van der Waals surface area contributed by atoms with Gasteiger partial charge in [0.2, 0.25) is 0 Å². The van der Waals surface area contributed by atoms with Crippen LogP contribution in [-0.2, 0) is 0 Å². The van der Waals surface area contributed by atoms with Crippen LogP contribution < -0.4 is 0 Å². The Morgan fingerprint density at radius 1 is 1.32 bits per heavy atom. The molecule has 1 fully saturated rings. The normalized spacial score (nSPS) is 14.2. The first-order valence-corrected chi connectivity index (χ1v) is 11.0. The van der Waals surface area contributed by atoms with E-state index in [1.165, 1.54) is 22.6 Å². The first-order chi connectivity index (χ1) is 13.4. The molecule has 0 unspecified atom stereocenters. The van der Waals surface area contributed by atoms with E-state index >= 15 is 0 Å². The van der Waals surface area contributed by atoms with Crippen LogP contribution in [0.1, 0.15) is 59.8 Å². The highest BCUT2D eigenvalue weighted by molar-refractivity contribution is 7.12. The van der Waals surface area contributed by atoms with Crippen molar-refractivity contribution in [3.63, 3.8) is 0 Å². The molecule has 0 spiro atoms. The summed E-state index contributed by atoms with van der Waals surface area (Å²) >= 11 is 1.77. The highest BCUT2D eigenvalue weighted by Crippen LogP contribution is 2.34. The third kappa shape index (κ3) is 3.46. The van der Waals surface area contributed by atoms with Crippen molar-refractivity contribution in [1.29, 1.82) is 0 Å². The van der Waals surface area contributed by atoms with Crippen molar-refractivity contribution in [3.05, 3.63) is 33.6 Å². The zero-order valence-corrected chi connectivity index (χ0v) is 18.1. The maximum absolute atomic E-state index is 13.5. The van der Waals surface area contributed by atoms with E-state index in [9.17, 15) is 4.79 Å². The minimum atomic E-state index is 0.0935. The van der Waals surface area contributed by atoms with Crippen molar-refractivity contribution in [2.45, 2.75) is 53.5 Å². The van der Waals surface area contributed by atoms with Gasteiger partial charge >= 0.3 is 0 Å². The number of hydrogen-bond acceptors (Lipinski definition) is 4. The Bertz CT molecular complexity index is 1030. The fourth-order valence-corrected chi connectivity index (χ4v) is 4.67. The number of aryl methyl sites for hydroxylation is 2. The van der Waals surface area contributed by atoms with Gasteiger partial charge in [-0.25, -0.2) is 9.67 Å². The zero-order chi connectivity index (χ0) is 20.0. The van der Waals surface area contributed by atoms with E-state index in [1.54, 1.807) is 17.5 Å². The van der Waals surface area contributed by atoms with E-state index < -0.39 is 0 Å². The van der Waals surface area contributed by atoms with Gasteiger partial charge in [0.15, 0.2) is 5.65 Å². The van der Waals surface area contributed by atoms with Crippen molar-refractivity contribution in [2.24, 2.45) is 5.92 Å². The summed E-state index contributed by atoms with van der Waals surface area (Å²) in [6, 6.07) is 4.32. The number of thiophene rings is 1. The second-order valence-electron chi connectivity index (χ2n) is 8.09. The lowest BCUT2D eigenvalue weighted by molar-refractivity contribution is 0.0759. The van der Waals surface area contributed by atoms with Crippen LogP contribution in [0.15, 0.2) is 18.3 Å². The van der Waals surface area contributed by atoms with Crippen molar-refractivity contribution in [2.75, 3.05) is 13.1 Å². The van der Waals surface area contributed by atoms with E-state index in [-0.39, 0.29) is 11.9 Å². The molecule has 3 aromatic heterocycles. The van der Waals surface area contributed by atoms with Gasteiger partial charge in [-0.05, 0) is 65.5 Å². The third-order valence-corrected chi connectivity index (χ3v) is 6.41. The van der Waals surface area contributed by atoms with Crippen LogP contribution in [0.2, 0.25) is 0 Å². The summed E-state index contributed by atoms with van der Waals surface area (Å²) in [5, 5.41) is 5.39. The number of carbonyl (C=O) groups excluding carboxylic acids is 1. The molecule has 4 rings (SSSR count). The van der Waals surface area contributed by atoms with E-state index in [2.05, 4.69) is 45.8 Å². The molecule has 6 heteroatoms. The molecular formula is C22H28N4OS. The van der Waals surface area contributed by atoms with Crippen LogP contribution in [0, 0.1) is 19.8 Å². The maximum Gasteiger partial charge on any atom is 0.254 e. The Kier molecular flexibility index (Phi) is 5.00. The number of carbonyl (C=O) groups is 1. The first-order valence-electron chi connectivity index (χ1n) is 10.1. The molecule has 3 heterocycles. The summed E-state index contributed by atoms with van der Waals surface area (Å²) in [4.78, 5) is 22.9. The van der Waals surface area contributed by atoms with Gasteiger partial charge in [-0.15, -0.1) is 11.3 Å². The van der Waals surface area contributed by atoms with E-state index in [4.69, 9.17) is 4.98 Å². The molecule has 0 bridgehead atoms. The second kappa shape index (κ2) is 7.32. The summed E-state index contributed by atoms with van der Waals surface area (Å²) in [5.41, 5.74) is 3.49. The maximum atomic E-state index is 13.5. The number of amides is 1. The van der Waals surface area contributed by atoms with Crippen LogP contribution in [0.4, 0.5) is 0 Å². The van der Waals surface area contributed by atoms with Gasteiger partial charge in [0.05, 0.1) is 22.8 Å². The molecule has 1 aliphatic carbocycles. The average Bonchev–Trinajstić information content (AvgIpc) is 3.27. The average molecular weight is 397 g/mol. The summed E-state index contributed by atoms with van der Waals surface area (Å²) in [6.07, 6.45) is 4.27. The summed E-state index contributed by atoms with van der Waals surface area (Å²) in [5.74, 6) is 0.761. The van der Waals surface area contributed by atoms with Crippen molar-refractivity contribution >= 4 is 28.3 Å². The van der Waals surface area contributed by atoms with Crippen molar-refractivity contribution < 1.29 is 4.79 Å². The van der Waals surface area contributed by atoms with Gasteiger partial charge in [0.1, 0.15) is 0 Å². The summed E-state index contributed by atoms with van der Waals surface area (Å²) < 4.78 is 1.92. The molecule has 0 aliphatic heterocycles. The zero-order valence-electron chi connectivity index (χ0n) is 17.3. The number of fused-ring (bicyclic) bond motifs is 1.